The van der Waals surface area contributed by atoms with E-state index in [1.165, 1.54) is 134 Å². The molecular weight excluding hydrogens is 456 g/mol. The van der Waals surface area contributed by atoms with E-state index in [0.717, 1.165) is 0 Å². The van der Waals surface area contributed by atoms with Gasteiger partial charge < -0.3 is 0 Å². The van der Waals surface area contributed by atoms with Crippen LogP contribution in [0.15, 0.2) is 84.9 Å². The second-order valence-corrected chi connectivity index (χ2v) is 11.2. The molecule has 0 unspecified atom stereocenters. The number of unbranched alkanes of at least 4 members (excludes halogenated alkanes) is 10. The zero-order chi connectivity index (χ0) is 26.4. The standard InChI is InChI=1S/C38H48/c1-3-5-7-9-11-13-15-31-17-21-33(22-18-31)36-27-25-35-26-28-37(30-38(35)29-36)34-23-19-32(20-24-34)16-14-12-10-8-6-4-2/h17-30H,3-16H2,1-2H3. The van der Waals surface area contributed by atoms with E-state index in [-0.39, 0.29) is 0 Å². The molecule has 38 heavy (non-hydrogen) atoms. The van der Waals surface area contributed by atoms with E-state index < -0.39 is 0 Å². The molecule has 0 aliphatic carbocycles. The predicted octanol–water partition coefficient (Wildman–Crippen LogP) is 12.0. The number of fused-ring (bicyclic) bond motifs is 1. The summed E-state index contributed by atoms with van der Waals surface area (Å²) in [5, 5.41) is 2.61. The summed E-state index contributed by atoms with van der Waals surface area (Å²) in [6.07, 6.45) is 18.7. The predicted molar refractivity (Wildman–Crippen MR) is 169 cm³/mol. The Bertz CT molecular complexity index is 1120. The molecule has 0 aliphatic heterocycles. The van der Waals surface area contributed by atoms with Crippen molar-refractivity contribution in [2.24, 2.45) is 0 Å². The van der Waals surface area contributed by atoms with E-state index in [4.69, 9.17) is 0 Å². The van der Waals surface area contributed by atoms with Gasteiger partial charge in [-0.25, -0.2) is 0 Å². The third-order valence-electron chi connectivity index (χ3n) is 8.05. The Morgan fingerprint density at radius 1 is 0.342 bits per heavy atom. The molecule has 0 N–H and O–H groups in total. The number of aryl methyl sites for hydroxylation is 2. The molecule has 4 rings (SSSR count). The average molecular weight is 505 g/mol. The summed E-state index contributed by atoms with van der Waals surface area (Å²) in [6, 6.07) is 32.3. The van der Waals surface area contributed by atoms with Crippen LogP contribution in [0.3, 0.4) is 0 Å². The minimum atomic E-state index is 1.20. The Hall–Kier alpha value is -2.86. The van der Waals surface area contributed by atoms with Crippen LogP contribution < -0.4 is 0 Å². The Morgan fingerprint density at radius 3 is 1.13 bits per heavy atom. The van der Waals surface area contributed by atoms with Crippen molar-refractivity contribution in [2.75, 3.05) is 0 Å². The molecule has 0 atom stereocenters. The van der Waals surface area contributed by atoms with Crippen molar-refractivity contribution in [2.45, 2.75) is 104 Å². The molecular formula is C38H48. The van der Waals surface area contributed by atoms with Crippen molar-refractivity contribution >= 4 is 10.8 Å². The fourth-order valence-corrected chi connectivity index (χ4v) is 5.55. The lowest BCUT2D eigenvalue weighted by Gasteiger charge is -2.09. The van der Waals surface area contributed by atoms with Crippen LogP contribution in [-0.2, 0) is 12.8 Å². The molecule has 0 spiro atoms. The molecule has 0 bridgehead atoms. The SMILES string of the molecule is CCCCCCCCc1ccc(-c2ccc3ccc(-c4ccc(CCCCCCCC)cc4)cc3c2)cc1. The summed E-state index contributed by atoms with van der Waals surface area (Å²) in [4.78, 5) is 0. The van der Waals surface area contributed by atoms with Crippen molar-refractivity contribution in [1.82, 2.24) is 0 Å². The van der Waals surface area contributed by atoms with Crippen LogP contribution >= 0.6 is 0 Å². The fraction of sp³-hybridized carbons (Fsp3) is 0.421. The van der Waals surface area contributed by atoms with Crippen LogP contribution in [0.5, 0.6) is 0 Å². The molecule has 0 radical (unpaired) electrons. The van der Waals surface area contributed by atoms with Crippen LogP contribution in [-0.4, -0.2) is 0 Å². The van der Waals surface area contributed by atoms with Gasteiger partial charge in [-0.1, -0.05) is 151 Å². The zero-order valence-corrected chi connectivity index (χ0v) is 24.0. The van der Waals surface area contributed by atoms with Crippen LogP contribution in [0.2, 0.25) is 0 Å². The summed E-state index contributed by atoms with van der Waals surface area (Å²) < 4.78 is 0. The normalized spacial score (nSPS) is 11.3. The first-order chi connectivity index (χ1) is 18.8. The zero-order valence-electron chi connectivity index (χ0n) is 24.0. The monoisotopic (exact) mass is 504 g/mol. The van der Waals surface area contributed by atoms with Gasteiger partial charge in [-0.05, 0) is 82.0 Å². The third kappa shape index (κ3) is 8.59. The third-order valence-corrected chi connectivity index (χ3v) is 8.05. The first-order valence-electron chi connectivity index (χ1n) is 15.5. The summed E-state index contributed by atoms with van der Waals surface area (Å²) in [5.41, 5.74) is 8.15. The number of benzene rings is 4. The summed E-state index contributed by atoms with van der Waals surface area (Å²) in [5.74, 6) is 0. The molecule has 0 aliphatic rings. The Balaban J connectivity index is 1.36. The highest BCUT2D eigenvalue weighted by Crippen LogP contribution is 2.29. The van der Waals surface area contributed by atoms with Crippen molar-refractivity contribution in [1.29, 1.82) is 0 Å². The topological polar surface area (TPSA) is 0 Å². The van der Waals surface area contributed by atoms with Crippen molar-refractivity contribution in [3.05, 3.63) is 96.1 Å². The van der Waals surface area contributed by atoms with Gasteiger partial charge in [-0.2, -0.15) is 0 Å². The Kier molecular flexibility index (Phi) is 11.5. The second kappa shape index (κ2) is 15.5. The maximum atomic E-state index is 2.36. The van der Waals surface area contributed by atoms with Gasteiger partial charge in [-0.3, -0.25) is 0 Å². The first-order valence-corrected chi connectivity index (χ1v) is 15.5. The van der Waals surface area contributed by atoms with E-state index in [9.17, 15) is 0 Å². The van der Waals surface area contributed by atoms with Gasteiger partial charge in [0.15, 0.2) is 0 Å². The smallest absolute Gasteiger partial charge is 0.0172 e. The maximum Gasteiger partial charge on any atom is -0.0172 e. The number of hydrogen-bond donors (Lipinski definition) is 0. The largest absolute Gasteiger partial charge is 0.0654 e. The van der Waals surface area contributed by atoms with Crippen LogP contribution in [0, 0.1) is 0 Å². The minimum Gasteiger partial charge on any atom is -0.0654 e. The van der Waals surface area contributed by atoms with Crippen molar-refractivity contribution < 1.29 is 0 Å². The average Bonchev–Trinajstić information content (AvgIpc) is 2.97. The minimum absolute atomic E-state index is 1.20. The summed E-state index contributed by atoms with van der Waals surface area (Å²) >= 11 is 0. The lowest BCUT2D eigenvalue weighted by molar-refractivity contribution is 0.607. The van der Waals surface area contributed by atoms with Crippen LogP contribution in [0.25, 0.3) is 33.0 Å². The molecule has 0 aromatic heterocycles. The van der Waals surface area contributed by atoms with Crippen LogP contribution in [0.1, 0.15) is 102 Å². The lowest BCUT2D eigenvalue weighted by Crippen LogP contribution is -1.88. The molecule has 0 saturated heterocycles. The van der Waals surface area contributed by atoms with Gasteiger partial charge in [0.05, 0.1) is 0 Å². The number of hydrogen-bond acceptors (Lipinski definition) is 0. The van der Waals surface area contributed by atoms with Gasteiger partial charge in [-0.15, -0.1) is 0 Å². The quantitative estimate of drug-likeness (QED) is 0.133. The van der Waals surface area contributed by atoms with E-state index >= 15 is 0 Å². The first kappa shape index (κ1) is 28.2. The Morgan fingerprint density at radius 2 is 0.711 bits per heavy atom. The van der Waals surface area contributed by atoms with Gasteiger partial charge in [0.25, 0.3) is 0 Å². The lowest BCUT2D eigenvalue weighted by atomic mass is 9.96. The number of rotatable bonds is 16. The molecule has 4 aromatic carbocycles. The highest BCUT2D eigenvalue weighted by molar-refractivity contribution is 5.90. The van der Waals surface area contributed by atoms with Gasteiger partial charge in [0.2, 0.25) is 0 Å². The summed E-state index contributed by atoms with van der Waals surface area (Å²) in [6.45, 7) is 4.57. The van der Waals surface area contributed by atoms with E-state index in [1.807, 2.05) is 0 Å². The molecule has 0 amide bonds. The van der Waals surface area contributed by atoms with E-state index in [1.54, 1.807) is 0 Å². The van der Waals surface area contributed by atoms with Crippen LogP contribution in [0.4, 0.5) is 0 Å². The molecule has 200 valence electrons. The highest BCUT2D eigenvalue weighted by atomic mass is 14.1. The van der Waals surface area contributed by atoms with Gasteiger partial charge >= 0.3 is 0 Å². The highest BCUT2D eigenvalue weighted by Gasteiger charge is 2.05. The van der Waals surface area contributed by atoms with Gasteiger partial charge in [0.1, 0.15) is 0 Å². The summed E-state index contributed by atoms with van der Waals surface area (Å²) in [7, 11) is 0. The fourth-order valence-electron chi connectivity index (χ4n) is 5.55. The molecule has 0 heteroatoms. The second-order valence-electron chi connectivity index (χ2n) is 11.2. The van der Waals surface area contributed by atoms with Gasteiger partial charge in [0, 0.05) is 0 Å². The maximum absolute atomic E-state index is 2.36. The van der Waals surface area contributed by atoms with Crippen molar-refractivity contribution in [3.8, 4) is 22.3 Å². The molecule has 0 saturated carbocycles. The Labute approximate surface area is 232 Å². The molecule has 4 aromatic rings. The van der Waals surface area contributed by atoms with Crippen molar-refractivity contribution in [3.63, 3.8) is 0 Å². The molecule has 0 heterocycles. The van der Waals surface area contributed by atoms with E-state index in [0.29, 0.717) is 0 Å². The molecule has 0 fully saturated rings. The van der Waals surface area contributed by atoms with E-state index in [2.05, 4.69) is 98.8 Å². The molecule has 0 nitrogen and oxygen atoms in total.